The normalized spacial score (nSPS) is 11.0. The average molecular weight is 329 g/mol. The number of benzene rings is 1. The standard InChI is InChI=1S/C15H22N3OS.ClH/c1-18(2,15-17-9-11-20-15)10-8-16-12-13-4-6-14(19-3)7-5-13;/h4-7,9,11,16H,8,10,12H2,1-3H3;1H/q+1;. The maximum atomic E-state index is 5.15. The zero-order chi connectivity index (χ0) is 14.4. The van der Waals surface area contributed by atoms with Gasteiger partial charge in [0.15, 0.2) is 0 Å². The van der Waals surface area contributed by atoms with E-state index in [1.807, 2.05) is 23.7 Å². The Hall–Kier alpha value is -1.14. The number of likely N-dealkylation sites (N-methyl/N-ethyl adjacent to an activating group) is 1. The van der Waals surface area contributed by atoms with Crippen LogP contribution in [0.1, 0.15) is 5.56 Å². The van der Waals surface area contributed by atoms with E-state index in [9.17, 15) is 0 Å². The summed E-state index contributed by atoms with van der Waals surface area (Å²) >= 11 is 1.71. The quantitative estimate of drug-likeness (QED) is 0.627. The minimum Gasteiger partial charge on any atom is -0.497 e. The molecule has 1 aromatic carbocycles. The van der Waals surface area contributed by atoms with Crippen molar-refractivity contribution < 1.29 is 4.74 Å². The van der Waals surface area contributed by atoms with Crippen LogP contribution in [0.3, 0.4) is 0 Å². The summed E-state index contributed by atoms with van der Waals surface area (Å²) in [5.74, 6) is 0.898. The number of thiazole rings is 1. The molecule has 6 heteroatoms. The van der Waals surface area contributed by atoms with E-state index in [1.54, 1.807) is 18.4 Å². The molecule has 0 aliphatic rings. The highest BCUT2D eigenvalue weighted by Crippen LogP contribution is 2.20. The Morgan fingerprint density at radius 3 is 2.52 bits per heavy atom. The Bertz CT molecular complexity index is 514. The second-order valence-electron chi connectivity index (χ2n) is 5.25. The average Bonchev–Trinajstić information content (AvgIpc) is 2.99. The highest BCUT2D eigenvalue weighted by Gasteiger charge is 2.20. The van der Waals surface area contributed by atoms with Crippen molar-refractivity contribution in [2.45, 2.75) is 6.54 Å². The molecule has 0 radical (unpaired) electrons. The van der Waals surface area contributed by atoms with Crippen molar-refractivity contribution in [1.82, 2.24) is 14.8 Å². The van der Waals surface area contributed by atoms with Crippen molar-refractivity contribution in [2.75, 3.05) is 34.3 Å². The van der Waals surface area contributed by atoms with Crippen molar-refractivity contribution in [3.05, 3.63) is 41.4 Å². The maximum absolute atomic E-state index is 5.15. The van der Waals surface area contributed by atoms with Gasteiger partial charge in [-0.2, -0.15) is 4.98 Å². The van der Waals surface area contributed by atoms with Crippen LogP contribution in [0.2, 0.25) is 0 Å². The fraction of sp³-hybridized carbons (Fsp3) is 0.400. The lowest BCUT2D eigenvalue weighted by molar-refractivity contribution is 0.389. The lowest BCUT2D eigenvalue weighted by Crippen LogP contribution is -2.45. The van der Waals surface area contributed by atoms with Crippen LogP contribution in [0, 0.1) is 0 Å². The Morgan fingerprint density at radius 1 is 1.24 bits per heavy atom. The van der Waals surface area contributed by atoms with Crippen LogP contribution in [0.5, 0.6) is 5.75 Å². The predicted molar refractivity (Wildman–Crippen MR) is 92.6 cm³/mol. The molecule has 21 heavy (non-hydrogen) atoms. The van der Waals surface area contributed by atoms with Gasteiger partial charge >= 0.3 is 0 Å². The smallest absolute Gasteiger partial charge is 0.285 e. The summed E-state index contributed by atoms with van der Waals surface area (Å²) in [5.41, 5.74) is 1.27. The molecule has 0 aliphatic carbocycles. The van der Waals surface area contributed by atoms with Crippen molar-refractivity contribution in [2.24, 2.45) is 0 Å². The van der Waals surface area contributed by atoms with E-state index in [4.69, 9.17) is 4.74 Å². The number of methoxy groups -OCH3 is 1. The summed E-state index contributed by atoms with van der Waals surface area (Å²) in [6.45, 7) is 2.85. The Labute approximate surface area is 136 Å². The molecule has 2 aromatic rings. The third kappa shape index (κ3) is 5.28. The molecule has 0 spiro atoms. The lowest BCUT2D eigenvalue weighted by Gasteiger charge is -2.25. The number of rotatable bonds is 7. The molecule has 0 bridgehead atoms. The molecule has 116 valence electrons. The number of nitrogens with zero attached hydrogens (tertiary/aromatic N) is 2. The summed E-state index contributed by atoms with van der Waals surface area (Å²) in [4.78, 5) is 4.39. The van der Waals surface area contributed by atoms with Gasteiger partial charge in [-0.1, -0.05) is 23.5 Å². The van der Waals surface area contributed by atoms with E-state index in [-0.39, 0.29) is 12.4 Å². The molecule has 1 aromatic heterocycles. The van der Waals surface area contributed by atoms with Crippen LogP contribution >= 0.6 is 23.7 Å². The van der Waals surface area contributed by atoms with Crippen LogP contribution in [0.4, 0.5) is 5.13 Å². The largest absolute Gasteiger partial charge is 0.497 e. The fourth-order valence-corrected chi connectivity index (χ4v) is 2.69. The number of hydrogen-bond donors (Lipinski definition) is 1. The van der Waals surface area contributed by atoms with Crippen LogP contribution in [-0.4, -0.2) is 39.3 Å². The van der Waals surface area contributed by atoms with Gasteiger partial charge in [-0.15, -0.1) is 12.4 Å². The Morgan fingerprint density at radius 2 is 1.95 bits per heavy atom. The molecular formula is C15H23ClN3OS+. The van der Waals surface area contributed by atoms with E-state index in [0.29, 0.717) is 0 Å². The summed E-state index contributed by atoms with van der Waals surface area (Å²) in [6, 6.07) is 8.17. The minimum absolute atomic E-state index is 0. The SMILES string of the molecule is COc1ccc(CNCC[N+](C)(C)c2nccs2)cc1.Cl. The number of nitrogens with one attached hydrogen (secondary N) is 1. The third-order valence-electron chi connectivity index (χ3n) is 3.27. The van der Waals surface area contributed by atoms with Gasteiger partial charge in [0, 0.05) is 24.7 Å². The third-order valence-corrected chi connectivity index (χ3v) is 4.34. The molecule has 0 saturated carbocycles. The lowest BCUT2D eigenvalue weighted by atomic mass is 10.2. The molecule has 0 unspecified atom stereocenters. The molecule has 0 aliphatic heterocycles. The Balaban J connectivity index is 0.00000220. The molecule has 1 heterocycles. The van der Waals surface area contributed by atoms with Crippen molar-refractivity contribution in [1.29, 1.82) is 0 Å². The monoisotopic (exact) mass is 328 g/mol. The highest BCUT2D eigenvalue weighted by atomic mass is 35.5. The second-order valence-corrected chi connectivity index (χ2v) is 6.12. The molecular weight excluding hydrogens is 306 g/mol. The summed E-state index contributed by atoms with van der Waals surface area (Å²) in [5, 5.41) is 6.65. The second kappa shape index (κ2) is 8.34. The van der Waals surface area contributed by atoms with Gasteiger partial charge in [0.2, 0.25) is 0 Å². The minimum atomic E-state index is 0. The zero-order valence-electron chi connectivity index (χ0n) is 12.7. The number of aromatic nitrogens is 1. The number of halogens is 1. The van der Waals surface area contributed by atoms with Gasteiger partial charge < -0.3 is 10.1 Å². The van der Waals surface area contributed by atoms with Gasteiger partial charge in [0.25, 0.3) is 5.13 Å². The molecule has 0 amide bonds. The molecule has 1 N–H and O–H groups in total. The number of ether oxygens (including phenoxy) is 1. The first-order valence-electron chi connectivity index (χ1n) is 6.68. The Kier molecular flexibility index (Phi) is 7.11. The molecule has 4 nitrogen and oxygen atoms in total. The summed E-state index contributed by atoms with van der Waals surface area (Å²) in [7, 11) is 6.06. The first kappa shape index (κ1) is 17.9. The summed E-state index contributed by atoms with van der Waals surface area (Å²) in [6.07, 6.45) is 1.87. The molecule has 0 fully saturated rings. The van der Waals surface area contributed by atoms with E-state index in [1.165, 1.54) is 5.56 Å². The predicted octanol–water partition coefficient (Wildman–Crippen LogP) is 2.93. The van der Waals surface area contributed by atoms with Crippen LogP contribution in [-0.2, 0) is 6.54 Å². The fourth-order valence-electron chi connectivity index (χ4n) is 1.95. The van der Waals surface area contributed by atoms with Crippen molar-refractivity contribution >= 4 is 28.9 Å². The zero-order valence-corrected chi connectivity index (χ0v) is 14.3. The highest BCUT2D eigenvalue weighted by molar-refractivity contribution is 7.13. The topological polar surface area (TPSA) is 34.1 Å². The summed E-state index contributed by atoms with van der Waals surface area (Å²) < 4.78 is 5.96. The van der Waals surface area contributed by atoms with Crippen LogP contribution in [0.15, 0.2) is 35.8 Å². The van der Waals surface area contributed by atoms with Crippen molar-refractivity contribution in [3.8, 4) is 5.75 Å². The molecule has 0 saturated heterocycles. The first-order chi connectivity index (χ1) is 9.62. The van der Waals surface area contributed by atoms with Gasteiger partial charge in [-0.3, -0.25) is 4.48 Å². The maximum Gasteiger partial charge on any atom is 0.285 e. The van der Waals surface area contributed by atoms with Gasteiger partial charge in [0.05, 0.1) is 27.7 Å². The molecule has 0 atom stereocenters. The van der Waals surface area contributed by atoms with Gasteiger partial charge in [-0.05, 0) is 17.7 Å². The molecule has 2 rings (SSSR count). The van der Waals surface area contributed by atoms with Gasteiger partial charge in [-0.25, -0.2) is 0 Å². The van der Waals surface area contributed by atoms with E-state index < -0.39 is 0 Å². The first-order valence-corrected chi connectivity index (χ1v) is 7.56. The van der Waals surface area contributed by atoms with Gasteiger partial charge in [0.1, 0.15) is 5.75 Å². The van der Waals surface area contributed by atoms with E-state index in [0.717, 1.165) is 35.0 Å². The number of hydrogen-bond acceptors (Lipinski definition) is 4. The number of quaternary nitrogens is 1. The van der Waals surface area contributed by atoms with Crippen molar-refractivity contribution in [3.63, 3.8) is 0 Å². The van der Waals surface area contributed by atoms with Crippen LogP contribution < -0.4 is 14.5 Å². The van der Waals surface area contributed by atoms with E-state index in [2.05, 4.69) is 36.5 Å². The van der Waals surface area contributed by atoms with Crippen LogP contribution in [0.25, 0.3) is 0 Å². The van der Waals surface area contributed by atoms with E-state index >= 15 is 0 Å².